The monoisotopic (exact) mass is 167 g/mol. The van der Waals surface area contributed by atoms with E-state index in [1.165, 1.54) is 11.1 Å². The van der Waals surface area contributed by atoms with Gasteiger partial charge in [0.2, 0.25) is 0 Å². The highest BCUT2D eigenvalue weighted by Gasteiger charge is 1.93. The minimum Gasteiger partial charge on any atom is -0.308 e. The Labute approximate surface area is 74.0 Å². The van der Waals surface area contributed by atoms with Crippen molar-refractivity contribution in [2.24, 2.45) is 5.84 Å². The van der Waals surface area contributed by atoms with E-state index in [0.29, 0.717) is 5.82 Å². The summed E-state index contributed by atoms with van der Waals surface area (Å²) >= 11 is 0. The minimum atomic E-state index is 0.711. The third-order valence-electron chi connectivity index (χ3n) is 1.52. The van der Waals surface area contributed by atoms with Crippen molar-refractivity contribution in [3.63, 3.8) is 0 Å². The lowest BCUT2D eigenvalue weighted by Crippen LogP contribution is -2.08. The molecule has 0 fully saturated rings. The van der Waals surface area contributed by atoms with Gasteiger partial charge in [-0.3, -0.25) is 0 Å². The van der Waals surface area contributed by atoms with Gasteiger partial charge in [0, 0.05) is 6.20 Å². The molecule has 0 radical (unpaired) electrons. The number of nitrogens with one attached hydrogen (secondary N) is 1. The van der Waals surface area contributed by atoms with E-state index in [1.54, 1.807) is 6.20 Å². The molecule has 0 aliphatic carbocycles. The predicted molar refractivity (Wildman–Crippen MR) is 52.9 cm³/mol. The molecule has 0 spiro atoms. The molecule has 1 heterocycles. The normalized spacial score (nSPS) is 8.42. The van der Waals surface area contributed by atoms with Crippen LogP contribution in [-0.4, -0.2) is 4.98 Å². The van der Waals surface area contributed by atoms with Crippen LogP contribution in [0.2, 0.25) is 0 Å². The molecule has 0 aliphatic heterocycles. The van der Waals surface area contributed by atoms with Crippen molar-refractivity contribution in [2.75, 3.05) is 5.43 Å². The van der Waals surface area contributed by atoms with Gasteiger partial charge in [0.15, 0.2) is 0 Å². The van der Waals surface area contributed by atoms with Crippen LogP contribution in [-0.2, 0) is 0 Å². The predicted octanol–water partition coefficient (Wildman–Crippen LogP) is 2.01. The Kier molecular flexibility index (Phi) is 5.04. The van der Waals surface area contributed by atoms with Gasteiger partial charge in [0.25, 0.3) is 0 Å². The first-order chi connectivity index (χ1) is 5.74. The lowest BCUT2D eigenvalue weighted by molar-refractivity contribution is 1.17. The molecule has 1 aromatic rings. The van der Waals surface area contributed by atoms with E-state index < -0.39 is 0 Å². The number of aryl methyl sites for hydroxylation is 2. The topological polar surface area (TPSA) is 50.9 Å². The molecule has 0 aromatic carbocycles. The van der Waals surface area contributed by atoms with E-state index in [4.69, 9.17) is 5.84 Å². The van der Waals surface area contributed by atoms with E-state index in [1.807, 2.05) is 33.8 Å². The van der Waals surface area contributed by atoms with Crippen LogP contribution in [0.4, 0.5) is 5.82 Å². The molecule has 0 atom stereocenters. The summed E-state index contributed by atoms with van der Waals surface area (Å²) in [5.74, 6) is 5.87. The van der Waals surface area contributed by atoms with Gasteiger partial charge in [0.1, 0.15) is 5.82 Å². The van der Waals surface area contributed by atoms with Gasteiger partial charge in [-0.2, -0.15) is 0 Å². The van der Waals surface area contributed by atoms with E-state index >= 15 is 0 Å². The minimum absolute atomic E-state index is 0.711. The maximum absolute atomic E-state index is 5.16. The lowest BCUT2D eigenvalue weighted by atomic mass is 10.2. The van der Waals surface area contributed by atoms with Gasteiger partial charge in [-0.05, 0) is 31.0 Å². The molecule has 0 amide bonds. The van der Waals surface area contributed by atoms with Crippen LogP contribution < -0.4 is 11.3 Å². The third kappa shape index (κ3) is 2.88. The van der Waals surface area contributed by atoms with E-state index in [0.717, 1.165) is 0 Å². The zero-order valence-corrected chi connectivity index (χ0v) is 8.18. The molecule has 12 heavy (non-hydrogen) atoms. The van der Waals surface area contributed by atoms with Crippen molar-refractivity contribution in [2.45, 2.75) is 27.7 Å². The molecular formula is C9H17N3. The summed E-state index contributed by atoms with van der Waals surface area (Å²) in [5, 5.41) is 0. The molecule has 0 saturated heterocycles. The zero-order chi connectivity index (χ0) is 9.56. The van der Waals surface area contributed by atoms with E-state index in [2.05, 4.69) is 10.4 Å². The number of nitrogen functional groups attached to an aromatic ring is 1. The second kappa shape index (κ2) is 5.55. The summed E-state index contributed by atoms with van der Waals surface area (Å²) in [6, 6.07) is 1.91. The number of aromatic nitrogens is 1. The zero-order valence-electron chi connectivity index (χ0n) is 8.18. The van der Waals surface area contributed by atoms with Gasteiger partial charge >= 0.3 is 0 Å². The number of nitrogens with zero attached hydrogens (tertiary/aromatic N) is 1. The summed E-state index contributed by atoms with van der Waals surface area (Å²) in [6.45, 7) is 8.04. The first kappa shape index (κ1) is 10.9. The fraction of sp³-hybridized carbons (Fsp3) is 0.444. The Balaban J connectivity index is 0.000000561. The smallest absolute Gasteiger partial charge is 0.140 e. The summed E-state index contributed by atoms with van der Waals surface area (Å²) in [4.78, 5) is 4.02. The van der Waals surface area contributed by atoms with Crippen LogP contribution in [0.1, 0.15) is 25.0 Å². The van der Waals surface area contributed by atoms with Gasteiger partial charge in [-0.25, -0.2) is 10.8 Å². The number of nitrogens with two attached hydrogens (primary N) is 1. The van der Waals surface area contributed by atoms with Crippen LogP contribution in [0.25, 0.3) is 0 Å². The first-order valence-corrected chi connectivity index (χ1v) is 4.14. The molecule has 3 nitrogen and oxygen atoms in total. The maximum atomic E-state index is 5.16. The highest BCUT2D eigenvalue weighted by atomic mass is 15.2. The Morgan fingerprint density at radius 2 is 1.83 bits per heavy atom. The summed E-state index contributed by atoms with van der Waals surface area (Å²) in [7, 11) is 0. The fourth-order valence-electron chi connectivity index (χ4n) is 0.703. The molecule has 0 unspecified atom stereocenters. The van der Waals surface area contributed by atoms with Gasteiger partial charge in [-0.1, -0.05) is 13.8 Å². The largest absolute Gasteiger partial charge is 0.308 e. The standard InChI is InChI=1S/C7H11N3.C2H6/c1-5-3-7(10-8)9-4-6(5)2;1-2/h3-4H,8H2,1-2H3,(H,9,10);1-2H3. The summed E-state index contributed by atoms with van der Waals surface area (Å²) < 4.78 is 0. The van der Waals surface area contributed by atoms with Crippen molar-refractivity contribution >= 4 is 5.82 Å². The van der Waals surface area contributed by atoms with Crippen molar-refractivity contribution in [1.29, 1.82) is 0 Å². The Bertz CT molecular complexity index is 233. The Morgan fingerprint density at radius 1 is 1.25 bits per heavy atom. The van der Waals surface area contributed by atoms with Gasteiger partial charge in [-0.15, -0.1) is 0 Å². The highest BCUT2D eigenvalue weighted by molar-refractivity contribution is 5.38. The molecular weight excluding hydrogens is 150 g/mol. The number of rotatable bonds is 1. The van der Waals surface area contributed by atoms with Crippen molar-refractivity contribution in [3.8, 4) is 0 Å². The van der Waals surface area contributed by atoms with Crippen LogP contribution in [0.3, 0.4) is 0 Å². The quantitative estimate of drug-likeness (QED) is 0.497. The number of pyridine rings is 1. The Hall–Kier alpha value is -1.09. The van der Waals surface area contributed by atoms with Crippen LogP contribution >= 0.6 is 0 Å². The lowest BCUT2D eigenvalue weighted by Gasteiger charge is -2.01. The SMILES string of the molecule is CC.Cc1cnc(NN)cc1C. The molecule has 1 aromatic heterocycles. The van der Waals surface area contributed by atoms with Crippen molar-refractivity contribution in [1.82, 2.24) is 4.98 Å². The number of hydrogen-bond acceptors (Lipinski definition) is 3. The number of hydrogen-bond donors (Lipinski definition) is 2. The molecule has 68 valence electrons. The van der Waals surface area contributed by atoms with Crippen LogP contribution in [0.5, 0.6) is 0 Å². The molecule has 1 rings (SSSR count). The number of anilines is 1. The first-order valence-electron chi connectivity index (χ1n) is 4.14. The number of hydrazine groups is 1. The van der Waals surface area contributed by atoms with Gasteiger partial charge in [0.05, 0.1) is 0 Å². The van der Waals surface area contributed by atoms with Crippen molar-refractivity contribution in [3.05, 3.63) is 23.4 Å². The fourth-order valence-corrected chi connectivity index (χ4v) is 0.703. The average Bonchev–Trinajstić information content (AvgIpc) is 2.13. The van der Waals surface area contributed by atoms with Gasteiger partial charge < -0.3 is 5.43 Å². The van der Waals surface area contributed by atoms with E-state index in [9.17, 15) is 0 Å². The second-order valence-corrected chi connectivity index (χ2v) is 2.30. The third-order valence-corrected chi connectivity index (χ3v) is 1.52. The molecule has 3 N–H and O–H groups in total. The highest BCUT2D eigenvalue weighted by Crippen LogP contribution is 2.08. The Morgan fingerprint density at radius 3 is 2.25 bits per heavy atom. The molecule has 0 aliphatic rings. The van der Waals surface area contributed by atoms with E-state index in [-0.39, 0.29) is 0 Å². The van der Waals surface area contributed by atoms with Crippen LogP contribution in [0, 0.1) is 13.8 Å². The molecule has 0 saturated carbocycles. The van der Waals surface area contributed by atoms with Crippen molar-refractivity contribution < 1.29 is 0 Å². The average molecular weight is 167 g/mol. The maximum Gasteiger partial charge on any atom is 0.140 e. The summed E-state index contributed by atoms with van der Waals surface area (Å²) in [6.07, 6.45) is 1.80. The van der Waals surface area contributed by atoms with Crippen LogP contribution in [0.15, 0.2) is 12.3 Å². The molecule has 3 heteroatoms. The molecule has 0 bridgehead atoms. The summed E-state index contributed by atoms with van der Waals surface area (Å²) in [5.41, 5.74) is 4.86. The second-order valence-electron chi connectivity index (χ2n) is 2.30.